The summed E-state index contributed by atoms with van der Waals surface area (Å²) in [5.74, 6) is -3.32. The van der Waals surface area contributed by atoms with E-state index < -0.39 is 89.9 Å². The van der Waals surface area contributed by atoms with Gasteiger partial charge in [0.2, 0.25) is 12.2 Å². The van der Waals surface area contributed by atoms with Crippen molar-refractivity contribution in [3.05, 3.63) is 44.9 Å². The summed E-state index contributed by atoms with van der Waals surface area (Å²) in [5, 5.41) is 33.9. The molecule has 1 aromatic heterocycles. The average molecular weight is 628 g/mol. The summed E-state index contributed by atoms with van der Waals surface area (Å²) >= 11 is 0. The maximum Gasteiger partial charge on any atom is 0.330 e. The first-order valence-corrected chi connectivity index (χ1v) is 14.2. The highest BCUT2D eigenvalue weighted by molar-refractivity contribution is 5.95. The minimum absolute atomic E-state index is 0.103. The quantitative estimate of drug-likeness (QED) is 0.134. The minimum Gasteiger partial charge on any atom is -0.456 e. The van der Waals surface area contributed by atoms with Gasteiger partial charge in [-0.05, 0) is 39.2 Å². The molecule has 6 unspecified atom stereocenters. The van der Waals surface area contributed by atoms with Gasteiger partial charge < -0.3 is 44.9 Å². The van der Waals surface area contributed by atoms with E-state index in [1.807, 2.05) is 0 Å². The van der Waals surface area contributed by atoms with Crippen molar-refractivity contribution in [3.8, 4) is 0 Å². The molecule has 18 heteroatoms. The van der Waals surface area contributed by atoms with Crippen LogP contribution in [0.1, 0.15) is 39.3 Å². The number of hydrogen-bond acceptors (Lipinski definition) is 13. The number of rotatable bonds is 11. The number of hydroxylamine groups is 2. The number of aliphatic hydroxyl groups excluding tert-OH is 2. The van der Waals surface area contributed by atoms with E-state index in [1.54, 1.807) is 13.8 Å². The van der Waals surface area contributed by atoms with E-state index in [-0.39, 0.29) is 26.2 Å². The maximum absolute atomic E-state index is 13.0. The molecule has 0 aliphatic carbocycles. The van der Waals surface area contributed by atoms with Crippen LogP contribution in [-0.2, 0) is 38.1 Å². The van der Waals surface area contributed by atoms with Crippen molar-refractivity contribution in [1.82, 2.24) is 19.9 Å². The Morgan fingerprint density at radius 1 is 1.16 bits per heavy atom. The molecule has 4 rings (SSSR count). The SMILES string of the molecule is CCOC1C(OCC)[C@H](n2ccc(=O)[nH]c2=O)O[C@@H]1C(O[C@H]1OC(C(=O)NC2CCCCN(O)C2=O)=CC(O)C1O)C(N)=O. The molecule has 0 radical (unpaired) electrons. The van der Waals surface area contributed by atoms with Gasteiger partial charge in [0.25, 0.3) is 17.4 Å². The molecule has 0 spiro atoms. The van der Waals surface area contributed by atoms with Gasteiger partial charge in [-0.25, -0.2) is 9.86 Å². The van der Waals surface area contributed by atoms with E-state index in [9.17, 15) is 39.4 Å². The van der Waals surface area contributed by atoms with Crippen LogP contribution in [0, 0.1) is 0 Å². The van der Waals surface area contributed by atoms with Crippen LogP contribution in [0.3, 0.4) is 0 Å². The molecule has 0 bridgehead atoms. The van der Waals surface area contributed by atoms with E-state index in [4.69, 9.17) is 29.4 Å². The molecular weight excluding hydrogens is 590 g/mol. The van der Waals surface area contributed by atoms with Crippen molar-refractivity contribution in [3.63, 3.8) is 0 Å². The number of nitrogens with two attached hydrogens (primary N) is 1. The number of carbonyl (C=O) groups excluding carboxylic acids is 3. The zero-order valence-electron chi connectivity index (χ0n) is 24.1. The van der Waals surface area contributed by atoms with Crippen LogP contribution in [0.4, 0.5) is 0 Å². The van der Waals surface area contributed by atoms with Gasteiger partial charge in [-0.1, -0.05) is 0 Å². The lowest BCUT2D eigenvalue weighted by Gasteiger charge is -2.35. The highest BCUT2D eigenvalue weighted by Crippen LogP contribution is 2.36. The van der Waals surface area contributed by atoms with Crippen LogP contribution >= 0.6 is 0 Å². The topological polar surface area (TPSA) is 254 Å². The average Bonchev–Trinajstić information content (AvgIpc) is 3.22. The first kappa shape index (κ1) is 33.2. The van der Waals surface area contributed by atoms with Gasteiger partial charge in [0.15, 0.2) is 18.1 Å². The van der Waals surface area contributed by atoms with Gasteiger partial charge in [0.1, 0.15) is 36.6 Å². The molecule has 2 fully saturated rings. The fourth-order valence-corrected chi connectivity index (χ4v) is 5.24. The second-order valence-electron chi connectivity index (χ2n) is 10.3. The van der Waals surface area contributed by atoms with Crippen LogP contribution in [0.25, 0.3) is 0 Å². The van der Waals surface area contributed by atoms with Crippen molar-refractivity contribution in [1.29, 1.82) is 0 Å². The number of primary amides is 1. The van der Waals surface area contributed by atoms with Gasteiger partial charge >= 0.3 is 5.69 Å². The van der Waals surface area contributed by atoms with E-state index in [1.165, 1.54) is 6.20 Å². The summed E-state index contributed by atoms with van der Waals surface area (Å²) in [7, 11) is 0. The van der Waals surface area contributed by atoms with Crippen molar-refractivity contribution in [2.75, 3.05) is 19.8 Å². The van der Waals surface area contributed by atoms with E-state index in [0.29, 0.717) is 17.9 Å². The first-order valence-electron chi connectivity index (χ1n) is 14.2. The molecule has 3 aliphatic rings. The van der Waals surface area contributed by atoms with Crippen molar-refractivity contribution in [2.45, 2.75) is 88.3 Å². The molecule has 3 aliphatic heterocycles. The summed E-state index contributed by atoms with van der Waals surface area (Å²) in [6.45, 7) is 3.69. The number of nitrogens with one attached hydrogen (secondary N) is 2. The molecule has 244 valence electrons. The molecule has 1 aromatic rings. The number of aromatic nitrogens is 2. The lowest BCUT2D eigenvalue weighted by atomic mass is 10.0. The number of hydrogen-bond donors (Lipinski definition) is 6. The van der Waals surface area contributed by atoms with Gasteiger partial charge in [0.05, 0.1) is 0 Å². The first-order chi connectivity index (χ1) is 21.0. The van der Waals surface area contributed by atoms with E-state index in [2.05, 4.69) is 10.3 Å². The predicted molar refractivity (Wildman–Crippen MR) is 144 cm³/mol. The van der Waals surface area contributed by atoms with Crippen LogP contribution in [0.15, 0.2) is 33.7 Å². The molecule has 9 atom stereocenters. The molecule has 2 saturated heterocycles. The third-order valence-electron chi connectivity index (χ3n) is 7.32. The summed E-state index contributed by atoms with van der Waals surface area (Å²) in [6.07, 6.45) is -8.42. The zero-order chi connectivity index (χ0) is 32.1. The van der Waals surface area contributed by atoms with Gasteiger partial charge in [-0.15, -0.1) is 0 Å². The van der Waals surface area contributed by atoms with Crippen LogP contribution in [-0.4, -0.2) is 116 Å². The molecule has 44 heavy (non-hydrogen) atoms. The number of H-pyrrole nitrogens is 1. The number of nitrogens with zero attached hydrogens (tertiary/aromatic N) is 2. The number of carbonyl (C=O) groups is 3. The Balaban J connectivity index is 1.58. The fraction of sp³-hybridized carbons (Fsp3) is 0.654. The summed E-state index contributed by atoms with van der Waals surface area (Å²) in [6, 6.07) is 0.00958. The van der Waals surface area contributed by atoms with Gasteiger partial charge in [-0.2, -0.15) is 0 Å². The molecule has 18 nitrogen and oxygen atoms in total. The largest absolute Gasteiger partial charge is 0.456 e. The number of aromatic amines is 1. The Morgan fingerprint density at radius 3 is 2.52 bits per heavy atom. The third-order valence-corrected chi connectivity index (χ3v) is 7.32. The molecule has 3 amide bonds. The highest BCUT2D eigenvalue weighted by Gasteiger charge is 2.53. The number of amides is 3. The number of ether oxygens (including phenoxy) is 5. The lowest BCUT2D eigenvalue weighted by Crippen LogP contribution is -2.54. The number of aliphatic hydroxyl groups is 2. The smallest absolute Gasteiger partial charge is 0.330 e. The Kier molecular flexibility index (Phi) is 10.9. The molecule has 0 saturated carbocycles. The Hall–Kier alpha value is -3.65. The van der Waals surface area contributed by atoms with Gasteiger partial charge in [-0.3, -0.25) is 33.9 Å². The third kappa shape index (κ3) is 7.17. The molecule has 4 heterocycles. The maximum atomic E-state index is 13.0. The molecule has 0 aromatic carbocycles. The Labute approximate surface area is 250 Å². The van der Waals surface area contributed by atoms with Crippen LogP contribution < -0.4 is 22.3 Å². The molecular formula is C26H37N5O13. The standard InChI is InChI=1S/C26H37N5O13/c1-3-40-17-18(43-24(20(17)41-4-2)30-10-8-15(33)29-26(30)38)19(21(27)35)44-25-16(34)13(32)11-14(42-25)22(36)28-12-7-5-6-9-31(39)23(12)37/h8,10-13,16-20,24-25,32,34,39H,3-7,9H2,1-2H3,(H2,27,35)(H,28,36)(H,29,33,38)/t12?,13?,16?,17?,18-,19?,20?,24+,25+/m0/s1. The summed E-state index contributed by atoms with van der Waals surface area (Å²) < 4.78 is 30.0. The Bertz CT molecular complexity index is 1350. The van der Waals surface area contributed by atoms with Crippen molar-refractivity contribution < 1.29 is 53.5 Å². The van der Waals surface area contributed by atoms with E-state index in [0.717, 1.165) is 16.7 Å². The van der Waals surface area contributed by atoms with Crippen molar-refractivity contribution >= 4 is 17.7 Å². The molecule has 7 N–H and O–H groups in total. The van der Waals surface area contributed by atoms with E-state index >= 15 is 0 Å². The highest BCUT2D eigenvalue weighted by atomic mass is 16.7. The monoisotopic (exact) mass is 627 g/mol. The zero-order valence-corrected chi connectivity index (χ0v) is 24.1. The van der Waals surface area contributed by atoms with Crippen LogP contribution in [0.2, 0.25) is 0 Å². The summed E-state index contributed by atoms with van der Waals surface area (Å²) in [5.41, 5.74) is 4.19. The lowest BCUT2D eigenvalue weighted by molar-refractivity contribution is -0.241. The van der Waals surface area contributed by atoms with Crippen LogP contribution in [0.5, 0.6) is 0 Å². The predicted octanol–water partition coefficient (Wildman–Crippen LogP) is -3.04. The fourth-order valence-electron chi connectivity index (χ4n) is 5.24. The second kappa shape index (κ2) is 14.4. The minimum atomic E-state index is -1.85. The van der Waals surface area contributed by atoms with Crippen molar-refractivity contribution in [2.24, 2.45) is 5.73 Å². The Morgan fingerprint density at radius 2 is 1.86 bits per heavy atom. The summed E-state index contributed by atoms with van der Waals surface area (Å²) in [4.78, 5) is 64.5. The normalized spacial score (nSPS) is 31.5. The second-order valence-corrected chi connectivity index (χ2v) is 10.3. The van der Waals surface area contributed by atoms with Gasteiger partial charge in [0, 0.05) is 32.0 Å².